The van der Waals surface area contributed by atoms with E-state index in [0.29, 0.717) is 6.04 Å². The van der Waals surface area contributed by atoms with Gasteiger partial charge in [0, 0.05) is 6.04 Å². The first-order valence-electron chi connectivity index (χ1n) is 5.99. The number of hydrogen-bond donors (Lipinski definition) is 1. The van der Waals surface area contributed by atoms with Crippen molar-refractivity contribution >= 4 is 0 Å². The molecule has 0 bridgehead atoms. The van der Waals surface area contributed by atoms with E-state index >= 15 is 0 Å². The minimum Gasteiger partial charge on any atom is -0.472 e. The Kier molecular flexibility index (Phi) is 3.47. The third-order valence-electron chi connectivity index (χ3n) is 3.85. The summed E-state index contributed by atoms with van der Waals surface area (Å²) in [6.07, 6.45) is 8.90. The Morgan fingerprint density at radius 2 is 2.40 bits per heavy atom. The first-order valence-corrected chi connectivity index (χ1v) is 5.99. The van der Waals surface area contributed by atoms with E-state index in [9.17, 15) is 0 Å². The number of furan rings is 1. The first-order chi connectivity index (χ1) is 7.31. The largest absolute Gasteiger partial charge is 0.472 e. The zero-order chi connectivity index (χ0) is 10.7. The van der Waals surface area contributed by atoms with Crippen molar-refractivity contribution in [2.45, 2.75) is 38.6 Å². The molecule has 0 radical (unpaired) electrons. The van der Waals surface area contributed by atoms with Crippen LogP contribution in [0.25, 0.3) is 0 Å². The lowest BCUT2D eigenvalue weighted by Gasteiger charge is -2.26. The van der Waals surface area contributed by atoms with Crippen LogP contribution >= 0.6 is 0 Å². The summed E-state index contributed by atoms with van der Waals surface area (Å²) in [5, 5.41) is 3.47. The molecule has 2 heteroatoms. The summed E-state index contributed by atoms with van der Waals surface area (Å²) in [6.45, 7) is 2.39. The molecule has 2 rings (SSSR count). The second-order valence-corrected chi connectivity index (χ2v) is 4.80. The molecule has 0 aliphatic heterocycles. The van der Waals surface area contributed by atoms with Crippen molar-refractivity contribution in [1.82, 2.24) is 5.32 Å². The first kappa shape index (κ1) is 10.7. The average Bonchev–Trinajstić information content (AvgIpc) is 2.85. The molecule has 1 aromatic heterocycles. The number of nitrogens with one attached hydrogen (secondary N) is 1. The van der Waals surface area contributed by atoms with Gasteiger partial charge in [-0.3, -0.25) is 0 Å². The van der Waals surface area contributed by atoms with Gasteiger partial charge in [-0.1, -0.05) is 19.8 Å². The second kappa shape index (κ2) is 4.84. The minimum atomic E-state index is 0.611. The summed E-state index contributed by atoms with van der Waals surface area (Å²) < 4.78 is 5.12. The molecule has 3 unspecified atom stereocenters. The van der Waals surface area contributed by atoms with Gasteiger partial charge in [-0.15, -0.1) is 0 Å². The fourth-order valence-corrected chi connectivity index (χ4v) is 2.90. The molecular weight excluding hydrogens is 186 g/mol. The Morgan fingerprint density at radius 3 is 2.93 bits per heavy atom. The van der Waals surface area contributed by atoms with Gasteiger partial charge in [-0.2, -0.15) is 0 Å². The van der Waals surface area contributed by atoms with Crippen LogP contribution in [-0.2, 0) is 6.42 Å². The SMILES string of the molecule is CNC(Cc1ccoc1)C1CCCC1C. The van der Waals surface area contributed by atoms with Crippen molar-refractivity contribution in [1.29, 1.82) is 0 Å². The highest BCUT2D eigenvalue weighted by molar-refractivity contribution is 5.08. The molecule has 0 spiro atoms. The van der Waals surface area contributed by atoms with Crippen LogP contribution in [0.1, 0.15) is 31.7 Å². The maximum Gasteiger partial charge on any atom is 0.0935 e. The highest BCUT2D eigenvalue weighted by Crippen LogP contribution is 2.34. The lowest BCUT2D eigenvalue weighted by Crippen LogP contribution is -2.36. The zero-order valence-corrected chi connectivity index (χ0v) is 9.70. The van der Waals surface area contributed by atoms with Crippen molar-refractivity contribution in [2.75, 3.05) is 7.05 Å². The highest BCUT2D eigenvalue weighted by Gasteiger charge is 2.29. The molecule has 0 aromatic carbocycles. The van der Waals surface area contributed by atoms with E-state index in [4.69, 9.17) is 4.42 Å². The number of likely N-dealkylation sites (N-methyl/N-ethyl adjacent to an activating group) is 1. The zero-order valence-electron chi connectivity index (χ0n) is 9.70. The maximum absolute atomic E-state index is 5.12. The molecule has 2 nitrogen and oxygen atoms in total. The third kappa shape index (κ3) is 2.43. The molecule has 15 heavy (non-hydrogen) atoms. The Morgan fingerprint density at radius 1 is 1.53 bits per heavy atom. The van der Waals surface area contributed by atoms with Crippen LogP contribution in [0.5, 0.6) is 0 Å². The molecule has 1 N–H and O–H groups in total. The number of rotatable bonds is 4. The van der Waals surface area contributed by atoms with Crippen molar-refractivity contribution in [3.05, 3.63) is 24.2 Å². The van der Waals surface area contributed by atoms with E-state index < -0.39 is 0 Å². The predicted molar refractivity (Wildman–Crippen MR) is 61.8 cm³/mol. The van der Waals surface area contributed by atoms with Crippen molar-refractivity contribution in [3.8, 4) is 0 Å². The van der Waals surface area contributed by atoms with E-state index in [1.54, 1.807) is 6.26 Å². The van der Waals surface area contributed by atoms with Gasteiger partial charge < -0.3 is 9.73 Å². The molecule has 3 atom stereocenters. The van der Waals surface area contributed by atoms with E-state index in [1.165, 1.54) is 24.8 Å². The highest BCUT2D eigenvalue weighted by atomic mass is 16.3. The molecule has 1 fully saturated rings. The van der Waals surface area contributed by atoms with Gasteiger partial charge in [0.15, 0.2) is 0 Å². The number of hydrogen-bond acceptors (Lipinski definition) is 2. The predicted octanol–water partition coefficient (Wildman–Crippen LogP) is 2.85. The van der Waals surface area contributed by atoms with Crippen molar-refractivity contribution < 1.29 is 4.42 Å². The van der Waals surface area contributed by atoms with Gasteiger partial charge >= 0.3 is 0 Å². The molecule has 0 saturated heterocycles. The lowest BCUT2D eigenvalue weighted by molar-refractivity contribution is 0.307. The van der Waals surface area contributed by atoms with E-state index in [0.717, 1.165) is 18.3 Å². The van der Waals surface area contributed by atoms with Gasteiger partial charge in [-0.05, 0) is 43.4 Å². The second-order valence-electron chi connectivity index (χ2n) is 4.80. The van der Waals surface area contributed by atoms with Crippen molar-refractivity contribution in [3.63, 3.8) is 0 Å². The molecule has 1 aromatic rings. The van der Waals surface area contributed by atoms with Crippen LogP contribution < -0.4 is 5.32 Å². The maximum atomic E-state index is 5.12. The average molecular weight is 207 g/mol. The monoisotopic (exact) mass is 207 g/mol. The topological polar surface area (TPSA) is 25.2 Å². The summed E-state index contributed by atoms with van der Waals surface area (Å²) in [5.41, 5.74) is 1.31. The van der Waals surface area contributed by atoms with E-state index in [1.807, 2.05) is 6.26 Å². The van der Waals surface area contributed by atoms with Gasteiger partial charge in [0.05, 0.1) is 12.5 Å². The van der Waals surface area contributed by atoms with Crippen LogP contribution in [0.4, 0.5) is 0 Å². The minimum absolute atomic E-state index is 0.611. The lowest BCUT2D eigenvalue weighted by atomic mass is 9.87. The smallest absolute Gasteiger partial charge is 0.0935 e. The molecule has 0 amide bonds. The molecule has 1 aliphatic rings. The fourth-order valence-electron chi connectivity index (χ4n) is 2.90. The molecule has 1 heterocycles. The van der Waals surface area contributed by atoms with Crippen molar-refractivity contribution in [2.24, 2.45) is 11.8 Å². The normalized spacial score (nSPS) is 28.1. The molecule has 84 valence electrons. The van der Waals surface area contributed by atoms with Crippen LogP contribution in [0.2, 0.25) is 0 Å². The van der Waals surface area contributed by atoms with Gasteiger partial charge in [-0.25, -0.2) is 0 Å². The van der Waals surface area contributed by atoms with Crippen LogP contribution in [0.3, 0.4) is 0 Å². The summed E-state index contributed by atoms with van der Waals surface area (Å²) >= 11 is 0. The van der Waals surface area contributed by atoms with E-state index in [-0.39, 0.29) is 0 Å². The Balaban J connectivity index is 1.97. The summed E-state index contributed by atoms with van der Waals surface area (Å²) in [6, 6.07) is 2.68. The summed E-state index contributed by atoms with van der Waals surface area (Å²) in [7, 11) is 2.08. The summed E-state index contributed by atoms with van der Waals surface area (Å²) in [5.74, 6) is 1.71. The standard InChI is InChI=1S/C13H21NO/c1-10-4-3-5-12(10)13(14-2)8-11-6-7-15-9-11/h6-7,9-10,12-14H,3-5,8H2,1-2H3. The van der Waals surface area contributed by atoms with E-state index in [2.05, 4.69) is 25.4 Å². The van der Waals surface area contributed by atoms with Gasteiger partial charge in [0.1, 0.15) is 0 Å². The van der Waals surface area contributed by atoms with Gasteiger partial charge in [0.25, 0.3) is 0 Å². The Labute approximate surface area is 92.1 Å². The van der Waals surface area contributed by atoms with Crippen LogP contribution in [0.15, 0.2) is 23.0 Å². The third-order valence-corrected chi connectivity index (χ3v) is 3.85. The van der Waals surface area contributed by atoms with Crippen LogP contribution in [0, 0.1) is 11.8 Å². The molecule has 1 aliphatic carbocycles. The molecule has 1 saturated carbocycles. The quantitative estimate of drug-likeness (QED) is 0.821. The Hall–Kier alpha value is -0.760. The Bertz CT molecular complexity index is 281. The van der Waals surface area contributed by atoms with Crippen LogP contribution in [-0.4, -0.2) is 13.1 Å². The van der Waals surface area contributed by atoms with Gasteiger partial charge in [0.2, 0.25) is 0 Å². The summed E-state index contributed by atoms with van der Waals surface area (Å²) in [4.78, 5) is 0. The molecular formula is C13H21NO. The fraction of sp³-hybridized carbons (Fsp3) is 0.692.